The van der Waals surface area contributed by atoms with Crippen molar-refractivity contribution >= 4 is 11.4 Å². The predicted molar refractivity (Wildman–Crippen MR) is 83.9 cm³/mol. The van der Waals surface area contributed by atoms with Crippen LogP contribution < -0.4 is 11.1 Å². The minimum absolute atomic E-state index is 0.153. The molecule has 0 atom stereocenters. The van der Waals surface area contributed by atoms with Gasteiger partial charge in [-0.25, -0.2) is 0 Å². The molecule has 0 amide bonds. The molecule has 0 unspecified atom stereocenters. The summed E-state index contributed by atoms with van der Waals surface area (Å²) in [7, 11) is 0. The average molecular weight is 308 g/mol. The van der Waals surface area contributed by atoms with Crippen LogP contribution >= 0.6 is 0 Å². The van der Waals surface area contributed by atoms with Gasteiger partial charge in [-0.2, -0.15) is 13.2 Å². The zero-order chi connectivity index (χ0) is 16.2. The van der Waals surface area contributed by atoms with Crippen LogP contribution in [-0.2, 0) is 12.6 Å². The molecule has 118 valence electrons. The van der Waals surface area contributed by atoms with Gasteiger partial charge in [-0.05, 0) is 29.7 Å². The second kappa shape index (κ2) is 6.73. The summed E-state index contributed by atoms with van der Waals surface area (Å²) in [6, 6.07) is 11.5. The van der Waals surface area contributed by atoms with Crippen molar-refractivity contribution in [2.45, 2.75) is 25.9 Å². The van der Waals surface area contributed by atoms with Gasteiger partial charge in [0.2, 0.25) is 0 Å². The summed E-state index contributed by atoms with van der Waals surface area (Å²) in [4.78, 5) is 0. The Morgan fingerprint density at radius 3 is 2.32 bits per heavy atom. The van der Waals surface area contributed by atoms with E-state index in [4.69, 9.17) is 5.73 Å². The fraction of sp³-hybridized carbons (Fsp3) is 0.294. The molecule has 5 heteroatoms. The lowest BCUT2D eigenvalue weighted by molar-refractivity contribution is -0.137. The van der Waals surface area contributed by atoms with Gasteiger partial charge in [0, 0.05) is 24.3 Å². The molecule has 0 aliphatic carbocycles. The lowest BCUT2D eigenvalue weighted by atomic mass is 9.98. The quantitative estimate of drug-likeness (QED) is 0.786. The summed E-state index contributed by atoms with van der Waals surface area (Å²) in [5.74, 6) is 0. The van der Waals surface area contributed by atoms with Crippen LogP contribution in [0.3, 0.4) is 0 Å². The number of hydrogen-bond donors (Lipinski definition) is 2. The van der Waals surface area contributed by atoms with Gasteiger partial charge in [0.25, 0.3) is 0 Å². The zero-order valence-electron chi connectivity index (χ0n) is 12.4. The molecule has 0 aliphatic heterocycles. The highest BCUT2D eigenvalue weighted by Gasteiger charge is 2.34. The monoisotopic (exact) mass is 308 g/mol. The first kappa shape index (κ1) is 16.2. The first-order chi connectivity index (χ1) is 10.4. The summed E-state index contributed by atoms with van der Waals surface area (Å²) in [6.45, 7) is 2.41. The molecule has 2 nitrogen and oxygen atoms in total. The van der Waals surface area contributed by atoms with Crippen molar-refractivity contribution in [2.75, 3.05) is 17.6 Å². The van der Waals surface area contributed by atoms with E-state index in [9.17, 15) is 13.2 Å². The molecule has 2 aromatic carbocycles. The maximum atomic E-state index is 13.2. The summed E-state index contributed by atoms with van der Waals surface area (Å²) >= 11 is 0. The molecular weight excluding hydrogens is 289 g/mol. The van der Waals surface area contributed by atoms with E-state index in [0.29, 0.717) is 24.2 Å². The van der Waals surface area contributed by atoms with Crippen LogP contribution in [0.5, 0.6) is 0 Å². The SMILES string of the molecule is CCCNc1c(Cc2ccccc2N)cccc1C(F)(F)F. The fourth-order valence-corrected chi connectivity index (χ4v) is 2.34. The second-order valence-corrected chi connectivity index (χ2v) is 5.14. The fourth-order valence-electron chi connectivity index (χ4n) is 2.34. The smallest absolute Gasteiger partial charge is 0.398 e. The van der Waals surface area contributed by atoms with Crippen LogP contribution in [0.2, 0.25) is 0 Å². The van der Waals surface area contributed by atoms with E-state index < -0.39 is 11.7 Å². The van der Waals surface area contributed by atoms with Crippen LogP contribution in [0.1, 0.15) is 30.0 Å². The van der Waals surface area contributed by atoms with Crippen molar-refractivity contribution in [3.05, 3.63) is 59.2 Å². The normalized spacial score (nSPS) is 11.5. The van der Waals surface area contributed by atoms with E-state index >= 15 is 0 Å². The van der Waals surface area contributed by atoms with Crippen molar-refractivity contribution in [3.63, 3.8) is 0 Å². The number of para-hydroxylation sites is 2. The van der Waals surface area contributed by atoms with Gasteiger partial charge in [-0.15, -0.1) is 0 Å². The molecule has 0 bridgehead atoms. The molecule has 2 aromatic rings. The highest BCUT2D eigenvalue weighted by atomic mass is 19.4. The zero-order valence-corrected chi connectivity index (χ0v) is 12.4. The summed E-state index contributed by atoms with van der Waals surface area (Å²) < 4.78 is 39.6. The minimum Gasteiger partial charge on any atom is -0.398 e. The Bertz CT molecular complexity index is 636. The van der Waals surface area contributed by atoms with E-state index in [0.717, 1.165) is 18.1 Å². The van der Waals surface area contributed by atoms with E-state index in [1.165, 1.54) is 6.07 Å². The third kappa shape index (κ3) is 3.72. The minimum atomic E-state index is -4.38. The number of halogens is 3. The lowest BCUT2D eigenvalue weighted by Crippen LogP contribution is -2.13. The van der Waals surface area contributed by atoms with Crippen LogP contribution in [0.4, 0.5) is 24.5 Å². The second-order valence-electron chi connectivity index (χ2n) is 5.14. The number of alkyl halides is 3. The number of benzene rings is 2. The Hall–Kier alpha value is -2.17. The summed E-state index contributed by atoms with van der Waals surface area (Å²) in [6.07, 6.45) is -3.27. The van der Waals surface area contributed by atoms with E-state index in [1.807, 2.05) is 19.1 Å². The number of hydrogen-bond acceptors (Lipinski definition) is 2. The largest absolute Gasteiger partial charge is 0.418 e. The highest BCUT2D eigenvalue weighted by molar-refractivity contribution is 5.61. The van der Waals surface area contributed by atoms with Gasteiger partial charge >= 0.3 is 6.18 Å². The maximum absolute atomic E-state index is 13.2. The van der Waals surface area contributed by atoms with Crippen LogP contribution in [0, 0.1) is 0 Å². The molecule has 0 radical (unpaired) electrons. The maximum Gasteiger partial charge on any atom is 0.418 e. The summed E-state index contributed by atoms with van der Waals surface area (Å²) in [5.41, 5.74) is 7.42. The van der Waals surface area contributed by atoms with Gasteiger partial charge in [0.05, 0.1) is 5.56 Å². The number of nitrogens with two attached hydrogens (primary N) is 1. The standard InChI is InChI=1S/C17H19F3N2/c1-2-10-22-16-13(7-5-8-14(16)17(18,19)20)11-12-6-3-4-9-15(12)21/h3-9,22H,2,10-11,21H2,1H3. The van der Waals surface area contributed by atoms with Crippen molar-refractivity contribution in [2.24, 2.45) is 0 Å². The molecular formula is C17H19F3N2. The van der Waals surface area contributed by atoms with E-state index in [1.54, 1.807) is 18.2 Å². The van der Waals surface area contributed by atoms with Gasteiger partial charge in [-0.3, -0.25) is 0 Å². The Morgan fingerprint density at radius 1 is 1.00 bits per heavy atom. The van der Waals surface area contributed by atoms with Crippen molar-refractivity contribution in [3.8, 4) is 0 Å². The Morgan fingerprint density at radius 2 is 1.68 bits per heavy atom. The molecule has 3 N–H and O–H groups in total. The first-order valence-corrected chi connectivity index (χ1v) is 7.19. The molecule has 0 aromatic heterocycles. The molecule has 0 saturated carbocycles. The van der Waals surface area contributed by atoms with E-state index in [2.05, 4.69) is 5.32 Å². The van der Waals surface area contributed by atoms with Crippen molar-refractivity contribution < 1.29 is 13.2 Å². The third-order valence-corrected chi connectivity index (χ3v) is 3.44. The van der Waals surface area contributed by atoms with Gasteiger partial charge in [-0.1, -0.05) is 37.3 Å². The van der Waals surface area contributed by atoms with Gasteiger partial charge in [0.1, 0.15) is 0 Å². The van der Waals surface area contributed by atoms with Crippen molar-refractivity contribution in [1.82, 2.24) is 0 Å². The molecule has 0 heterocycles. The van der Waals surface area contributed by atoms with Crippen molar-refractivity contribution in [1.29, 1.82) is 0 Å². The number of rotatable bonds is 5. The topological polar surface area (TPSA) is 38.0 Å². The van der Waals surface area contributed by atoms with Gasteiger partial charge in [0.15, 0.2) is 0 Å². The van der Waals surface area contributed by atoms with Crippen LogP contribution in [-0.4, -0.2) is 6.54 Å². The summed E-state index contributed by atoms with van der Waals surface area (Å²) in [5, 5.41) is 2.92. The predicted octanol–water partition coefficient (Wildman–Crippen LogP) is 4.70. The lowest BCUT2D eigenvalue weighted by Gasteiger charge is -2.18. The van der Waals surface area contributed by atoms with Crippen LogP contribution in [0.15, 0.2) is 42.5 Å². The third-order valence-electron chi connectivity index (χ3n) is 3.44. The molecule has 0 spiro atoms. The molecule has 0 saturated heterocycles. The average Bonchev–Trinajstić information content (AvgIpc) is 2.47. The molecule has 22 heavy (non-hydrogen) atoms. The molecule has 0 fully saturated rings. The van der Waals surface area contributed by atoms with Crippen LogP contribution in [0.25, 0.3) is 0 Å². The Labute approximate surface area is 128 Å². The van der Waals surface area contributed by atoms with Gasteiger partial charge < -0.3 is 11.1 Å². The Balaban J connectivity index is 2.44. The first-order valence-electron chi connectivity index (χ1n) is 7.19. The highest BCUT2D eigenvalue weighted by Crippen LogP contribution is 2.37. The van der Waals surface area contributed by atoms with E-state index in [-0.39, 0.29) is 5.69 Å². The number of nitrogen functional groups attached to an aromatic ring is 1. The Kier molecular flexibility index (Phi) is 4.96. The molecule has 2 rings (SSSR count). The number of nitrogens with one attached hydrogen (secondary N) is 1. The molecule has 0 aliphatic rings. The number of anilines is 2.